The zero-order valence-corrected chi connectivity index (χ0v) is 23.6. The predicted octanol–water partition coefficient (Wildman–Crippen LogP) is -0.777. The first-order chi connectivity index (χ1) is 18.7. The van der Waals surface area contributed by atoms with Crippen LogP contribution in [0.25, 0.3) is 0 Å². The molecular formula is C27H55N9O2. The number of hydrogen-bond donors (Lipinski definition) is 8. The van der Waals surface area contributed by atoms with Crippen molar-refractivity contribution in [1.82, 2.24) is 42.3 Å². The molecule has 4 fully saturated rings. The fourth-order valence-corrected chi connectivity index (χ4v) is 6.71. The highest BCUT2D eigenvalue weighted by molar-refractivity contribution is 5.78. The van der Waals surface area contributed by atoms with E-state index >= 15 is 0 Å². The Hall–Kier alpha value is -0.890. The maximum Gasteiger partial charge on any atom is 0.223 e. The van der Waals surface area contributed by atoms with E-state index in [0.717, 1.165) is 84.5 Å². The molecule has 0 aromatic rings. The van der Waals surface area contributed by atoms with Gasteiger partial charge in [0.05, 0.1) is 18.9 Å². The number of amides is 1. The molecule has 1 saturated carbocycles. The Labute approximate surface area is 229 Å². The van der Waals surface area contributed by atoms with E-state index < -0.39 is 0 Å². The van der Waals surface area contributed by atoms with Gasteiger partial charge in [0, 0.05) is 50.9 Å². The van der Waals surface area contributed by atoms with Gasteiger partial charge in [-0.1, -0.05) is 19.8 Å². The molecule has 0 spiro atoms. The molecule has 7 unspecified atom stereocenters. The smallest absolute Gasteiger partial charge is 0.223 e. The summed E-state index contributed by atoms with van der Waals surface area (Å²) in [6.45, 7) is 10.9. The highest BCUT2D eigenvalue weighted by atomic mass is 16.5. The number of carbonyl (C=O) groups is 1. The van der Waals surface area contributed by atoms with E-state index in [1.807, 2.05) is 0 Å². The van der Waals surface area contributed by atoms with Gasteiger partial charge in [0.25, 0.3) is 0 Å². The second-order valence-electron chi connectivity index (χ2n) is 11.7. The molecule has 7 atom stereocenters. The van der Waals surface area contributed by atoms with Crippen molar-refractivity contribution in [2.45, 2.75) is 82.7 Å². The van der Waals surface area contributed by atoms with Crippen LogP contribution in [0.1, 0.15) is 58.3 Å². The Balaban J connectivity index is 1.23. The summed E-state index contributed by atoms with van der Waals surface area (Å²) in [7, 11) is 0. The first-order valence-corrected chi connectivity index (χ1v) is 15.4. The number of piperidine rings is 1. The first-order valence-electron chi connectivity index (χ1n) is 15.4. The molecule has 38 heavy (non-hydrogen) atoms. The quantitative estimate of drug-likeness (QED) is 0.133. The van der Waals surface area contributed by atoms with E-state index in [9.17, 15) is 4.79 Å². The van der Waals surface area contributed by atoms with E-state index in [0.29, 0.717) is 43.7 Å². The van der Waals surface area contributed by atoms with Crippen LogP contribution >= 0.6 is 0 Å². The number of hydrazine groups is 1. The molecule has 3 aliphatic heterocycles. The predicted molar refractivity (Wildman–Crippen MR) is 151 cm³/mol. The second kappa shape index (κ2) is 16.4. The lowest BCUT2D eigenvalue weighted by Gasteiger charge is -2.36. The molecule has 3 saturated heterocycles. The van der Waals surface area contributed by atoms with Gasteiger partial charge in [-0.2, -0.15) is 0 Å². The van der Waals surface area contributed by atoms with Gasteiger partial charge in [0.1, 0.15) is 0 Å². The van der Waals surface area contributed by atoms with Gasteiger partial charge in [-0.3, -0.25) is 15.0 Å². The number of nitrogens with two attached hydrogens (primary N) is 1. The Morgan fingerprint density at radius 3 is 2.76 bits per heavy atom. The van der Waals surface area contributed by atoms with E-state index in [2.05, 4.69) is 49.3 Å². The van der Waals surface area contributed by atoms with Crippen LogP contribution in [0.5, 0.6) is 0 Å². The molecule has 0 aromatic heterocycles. The van der Waals surface area contributed by atoms with Crippen LogP contribution in [0.3, 0.4) is 0 Å². The minimum Gasteiger partial charge on any atom is -0.380 e. The molecule has 11 heteroatoms. The van der Waals surface area contributed by atoms with Crippen molar-refractivity contribution in [2.75, 3.05) is 65.7 Å². The van der Waals surface area contributed by atoms with Crippen LogP contribution in [0.15, 0.2) is 0 Å². The SMILES string of the molecule is CCC1CNCCC1CNC(=O)C1CCCC(NCC2NNC(C3CCNCN3)N2CCOCCCN)C1. The van der Waals surface area contributed by atoms with E-state index in [-0.39, 0.29) is 24.2 Å². The Bertz CT molecular complexity index is 681. The Morgan fingerprint density at radius 1 is 1.05 bits per heavy atom. The molecule has 0 aromatic carbocycles. The molecule has 3 heterocycles. The van der Waals surface area contributed by atoms with Gasteiger partial charge in [-0.05, 0) is 76.5 Å². The number of ether oxygens (including phenoxy) is 1. The van der Waals surface area contributed by atoms with Crippen molar-refractivity contribution in [1.29, 1.82) is 0 Å². The normalized spacial score (nSPS) is 34.8. The van der Waals surface area contributed by atoms with Crippen molar-refractivity contribution >= 4 is 5.91 Å². The van der Waals surface area contributed by atoms with E-state index in [1.165, 1.54) is 12.8 Å². The summed E-state index contributed by atoms with van der Waals surface area (Å²) in [6.07, 6.45) is 8.90. The molecule has 1 amide bonds. The average Bonchev–Trinajstić information content (AvgIpc) is 3.38. The van der Waals surface area contributed by atoms with E-state index in [1.54, 1.807) is 0 Å². The maximum absolute atomic E-state index is 13.1. The van der Waals surface area contributed by atoms with Gasteiger partial charge in [-0.25, -0.2) is 10.9 Å². The lowest BCUT2D eigenvalue weighted by molar-refractivity contribution is -0.126. The third kappa shape index (κ3) is 8.81. The Kier molecular flexibility index (Phi) is 13.0. The largest absolute Gasteiger partial charge is 0.380 e. The maximum atomic E-state index is 13.1. The fourth-order valence-electron chi connectivity index (χ4n) is 6.71. The monoisotopic (exact) mass is 537 g/mol. The minimum absolute atomic E-state index is 0.122. The van der Waals surface area contributed by atoms with Gasteiger partial charge >= 0.3 is 0 Å². The van der Waals surface area contributed by atoms with Crippen molar-refractivity contribution < 1.29 is 9.53 Å². The molecule has 0 radical (unpaired) electrons. The van der Waals surface area contributed by atoms with Crippen LogP contribution in [0.4, 0.5) is 0 Å². The van der Waals surface area contributed by atoms with E-state index in [4.69, 9.17) is 10.5 Å². The molecule has 220 valence electrons. The van der Waals surface area contributed by atoms with Crippen molar-refractivity contribution in [3.05, 3.63) is 0 Å². The van der Waals surface area contributed by atoms with Gasteiger partial charge in [-0.15, -0.1) is 0 Å². The van der Waals surface area contributed by atoms with Crippen LogP contribution in [-0.2, 0) is 9.53 Å². The third-order valence-corrected chi connectivity index (χ3v) is 9.12. The standard InChI is InChI=1S/C27H55N9O2/c1-2-20-16-29-10-7-22(20)17-32-27(37)21-5-3-6-23(15-21)31-18-25-34-35-26(24-8-11-30-19-33-24)36(25)12-14-38-13-4-9-28/h20-26,29-31,33-35H,2-19,28H2,1H3,(H,32,37). The molecule has 9 N–H and O–H groups in total. The topological polar surface area (TPSA) is 140 Å². The minimum atomic E-state index is 0.122. The lowest BCUT2D eigenvalue weighted by Crippen LogP contribution is -2.59. The molecule has 4 aliphatic rings. The summed E-state index contributed by atoms with van der Waals surface area (Å²) in [6, 6.07) is 0.759. The second-order valence-corrected chi connectivity index (χ2v) is 11.7. The third-order valence-electron chi connectivity index (χ3n) is 9.12. The van der Waals surface area contributed by atoms with Crippen LogP contribution in [0, 0.1) is 17.8 Å². The lowest BCUT2D eigenvalue weighted by atomic mass is 9.83. The van der Waals surface area contributed by atoms with Gasteiger partial charge < -0.3 is 31.7 Å². The van der Waals surface area contributed by atoms with Crippen LogP contribution < -0.4 is 43.2 Å². The fraction of sp³-hybridized carbons (Fsp3) is 0.963. The van der Waals surface area contributed by atoms with Crippen LogP contribution in [0.2, 0.25) is 0 Å². The molecule has 0 bridgehead atoms. The zero-order chi connectivity index (χ0) is 26.6. The van der Waals surface area contributed by atoms with Crippen molar-refractivity contribution in [2.24, 2.45) is 23.5 Å². The summed E-state index contributed by atoms with van der Waals surface area (Å²) < 4.78 is 5.86. The number of rotatable bonds is 14. The number of nitrogens with zero attached hydrogens (tertiary/aromatic N) is 1. The first kappa shape index (κ1) is 30.1. The average molecular weight is 538 g/mol. The number of nitrogens with one attached hydrogen (secondary N) is 7. The van der Waals surface area contributed by atoms with Crippen molar-refractivity contribution in [3.8, 4) is 0 Å². The molecule has 4 rings (SSSR count). The molecular weight excluding hydrogens is 482 g/mol. The Morgan fingerprint density at radius 2 is 1.95 bits per heavy atom. The number of carbonyl (C=O) groups excluding carboxylic acids is 1. The summed E-state index contributed by atoms with van der Waals surface area (Å²) in [5.74, 6) is 1.67. The summed E-state index contributed by atoms with van der Waals surface area (Å²) >= 11 is 0. The summed E-state index contributed by atoms with van der Waals surface area (Å²) in [4.78, 5) is 15.6. The van der Waals surface area contributed by atoms with Crippen LogP contribution in [-0.4, -0.2) is 101 Å². The summed E-state index contributed by atoms with van der Waals surface area (Å²) in [5.41, 5.74) is 12.7. The van der Waals surface area contributed by atoms with Gasteiger partial charge in [0.2, 0.25) is 5.91 Å². The summed E-state index contributed by atoms with van der Waals surface area (Å²) in [5, 5.41) is 17.6. The highest BCUT2D eigenvalue weighted by Crippen LogP contribution is 2.26. The zero-order valence-electron chi connectivity index (χ0n) is 23.6. The van der Waals surface area contributed by atoms with Crippen molar-refractivity contribution in [3.63, 3.8) is 0 Å². The number of hydrogen-bond acceptors (Lipinski definition) is 10. The highest BCUT2D eigenvalue weighted by Gasteiger charge is 2.38. The molecule has 11 nitrogen and oxygen atoms in total. The molecule has 1 aliphatic carbocycles. The van der Waals surface area contributed by atoms with Gasteiger partial charge in [0.15, 0.2) is 0 Å².